The van der Waals surface area contributed by atoms with Crippen LogP contribution in [0.3, 0.4) is 0 Å². The first kappa shape index (κ1) is 14.9. The number of ether oxygens (including phenoxy) is 2. The first-order chi connectivity index (χ1) is 10.1. The predicted octanol–water partition coefficient (Wildman–Crippen LogP) is -0.332. The Morgan fingerprint density at radius 3 is 2.62 bits per heavy atom. The molecule has 0 spiro atoms. The SMILES string of the molecule is Cc1cn[nH]c1C1COCCN1S(=O)(=O)N1CCOCC1. The number of aromatic nitrogens is 2. The molecule has 21 heavy (non-hydrogen) atoms. The van der Waals surface area contributed by atoms with Gasteiger partial charge in [-0.05, 0) is 12.5 Å². The first-order valence-electron chi connectivity index (χ1n) is 7.03. The van der Waals surface area contributed by atoms with Crippen molar-refractivity contribution in [1.82, 2.24) is 18.8 Å². The summed E-state index contributed by atoms with van der Waals surface area (Å²) in [6.45, 7) is 4.69. The predicted molar refractivity (Wildman–Crippen MR) is 74.9 cm³/mol. The number of H-pyrrole nitrogens is 1. The average molecular weight is 316 g/mol. The van der Waals surface area contributed by atoms with Crippen molar-refractivity contribution in [3.8, 4) is 0 Å². The fourth-order valence-electron chi connectivity index (χ4n) is 2.71. The Labute approximate surface area is 124 Å². The molecule has 1 N–H and O–H groups in total. The third-order valence-corrected chi connectivity index (χ3v) is 5.92. The Bertz CT molecular complexity index is 582. The highest BCUT2D eigenvalue weighted by Gasteiger charge is 2.39. The van der Waals surface area contributed by atoms with E-state index in [1.807, 2.05) is 6.92 Å². The number of morpholine rings is 2. The summed E-state index contributed by atoms with van der Waals surface area (Å²) >= 11 is 0. The van der Waals surface area contributed by atoms with E-state index in [0.717, 1.165) is 11.3 Å². The lowest BCUT2D eigenvalue weighted by Gasteiger charge is -2.38. The second-order valence-corrected chi connectivity index (χ2v) is 7.07. The van der Waals surface area contributed by atoms with Crippen LogP contribution in [0.4, 0.5) is 0 Å². The lowest BCUT2D eigenvalue weighted by atomic mass is 10.1. The van der Waals surface area contributed by atoms with Gasteiger partial charge >= 0.3 is 0 Å². The van der Waals surface area contributed by atoms with Crippen molar-refractivity contribution in [1.29, 1.82) is 0 Å². The van der Waals surface area contributed by atoms with E-state index < -0.39 is 10.2 Å². The Balaban J connectivity index is 1.88. The maximum atomic E-state index is 12.9. The lowest BCUT2D eigenvalue weighted by molar-refractivity contribution is 0.0222. The third kappa shape index (κ3) is 2.84. The van der Waals surface area contributed by atoms with Gasteiger partial charge in [-0.1, -0.05) is 0 Å². The number of nitrogens with zero attached hydrogens (tertiary/aromatic N) is 3. The number of rotatable bonds is 3. The zero-order valence-corrected chi connectivity index (χ0v) is 12.8. The van der Waals surface area contributed by atoms with Crippen LogP contribution in [0.2, 0.25) is 0 Å². The molecular weight excluding hydrogens is 296 g/mol. The summed E-state index contributed by atoms with van der Waals surface area (Å²) in [5.74, 6) is 0. The van der Waals surface area contributed by atoms with Gasteiger partial charge in [-0.15, -0.1) is 0 Å². The fraction of sp³-hybridized carbons (Fsp3) is 0.750. The first-order valence-corrected chi connectivity index (χ1v) is 8.42. The van der Waals surface area contributed by atoms with Crippen LogP contribution in [0.1, 0.15) is 17.3 Å². The summed E-state index contributed by atoms with van der Waals surface area (Å²) in [6, 6.07) is -0.353. The molecule has 3 rings (SSSR count). The molecule has 1 aromatic rings. The Kier molecular flexibility index (Phi) is 4.27. The number of aromatic amines is 1. The number of hydrogen-bond donors (Lipinski definition) is 1. The second kappa shape index (κ2) is 6.01. The van der Waals surface area contributed by atoms with E-state index in [1.165, 1.54) is 8.61 Å². The van der Waals surface area contributed by atoms with E-state index in [9.17, 15) is 8.42 Å². The van der Waals surface area contributed by atoms with E-state index in [4.69, 9.17) is 9.47 Å². The molecule has 2 aliphatic heterocycles. The minimum Gasteiger partial charge on any atom is -0.379 e. The molecule has 0 aliphatic carbocycles. The Morgan fingerprint density at radius 1 is 1.24 bits per heavy atom. The van der Waals surface area contributed by atoms with Crippen LogP contribution in [0.25, 0.3) is 0 Å². The van der Waals surface area contributed by atoms with Gasteiger partial charge in [0.05, 0.1) is 44.4 Å². The Morgan fingerprint density at radius 2 is 1.95 bits per heavy atom. The molecule has 1 atom stereocenters. The summed E-state index contributed by atoms with van der Waals surface area (Å²) < 4.78 is 39.4. The van der Waals surface area contributed by atoms with E-state index in [0.29, 0.717) is 46.1 Å². The van der Waals surface area contributed by atoms with Gasteiger partial charge < -0.3 is 9.47 Å². The van der Waals surface area contributed by atoms with Gasteiger partial charge in [0.15, 0.2) is 0 Å². The van der Waals surface area contributed by atoms with Crippen LogP contribution in [-0.4, -0.2) is 73.3 Å². The Hall–Kier alpha value is -1.00. The van der Waals surface area contributed by atoms with Crippen LogP contribution in [0.5, 0.6) is 0 Å². The topological polar surface area (TPSA) is 87.8 Å². The summed E-state index contributed by atoms with van der Waals surface area (Å²) in [5.41, 5.74) is 1.74. The molecule has 2 fully saturated rings. The molecular formula is C12H20N4O4S. The molecule has 3 heterocycles. The molecule has 8 nitrogen and oxygen atoms in total. The fourth-order valence-corrected chi connectivity index (χ4v) is 4.41. The second-order valence-electron chi connectivity index (χ2n) is 5.19. The zero-order chi connectivity index (χ0) is 14.9. The van der Waals surface area contributed by atoms with Crippen LogP contribution in [0.15, 0.2) is 6.20 Å². The zero-order valence-electron chi connectivity index (χ0n) is 12.0. The largest absolute Gasteiger partial charge is 0.379 e. The van der Waals surface area contributed by atoms with Crippen LogP contribution in [0, 0.1) is 6.92 Å². The van der Waals surface area contributed by atoms with Crippen LogP contribution >= 0.6 is 0 Å². The molecule has 0 bridgehead atoms. The maximum absolute atomic E-state index is 12.9. The number of nitrogens with one attached hydrogen (secondary N) is 1. The van der Waals surface area contributed by atoms with Gasteiger partial charge in [-0.3, -0.25) is 5.10 Å². The summed E-state index contributed by atoms with van der Waals surface area (Å²) in [4.78, 5) is 0. The molecule has 2 saturated heterocycles. The van der Waals surface area contributed by atoms with Crippen LogP contribution < -0.4 is 0 Å². The van der Waals surface area contributed by atoms with Gasteiger partial charge in [0, 0.05) is 19.6 Å². The molecule has 9 heteroatoms. The molecule has 2 aliphatic rings. The lowest BCUT2D eigenvalue weighted by Crippen LogP contribution is -2.53. The maximum Gasteiger partial charge on any atom is 0.282 e. The van der Waals surface area contributed by atoms with Crippen molar-refractivity contribution in [3.05, 3.63) is 17.5 Å². The highest BCUT2D eigenvalue weighted by atomic mass is 32.2. The van der Waals surface area contributed by atoms with E-state index in [2.05, 4.69) is 10.2 Å². The number of hydrogen-bond acceptors (Lipinski definition) is 5. The minimum atomic E-state index is -3.52. The molecule has 0 radical (unpaired) electrons. The van der Waals surface area contributed by atoms with Gasteiger partial charge in [0.25, 0.3) is 10.2 Å². The highest BCUT2D eigenvalue weighted by Crippen LogP contribution is 2.29. The standard InChI is InChI=1S/C12H20N4O4S/c1-10-8-13-14-12(10)11-9-20-7-4-16(11)21(17,18)15-2-5-19-6-3-15/h8,11H,2-7,9H2,1H3,(H,13,14). The van der Waals surface area contributed by atoms with Crippen molar-refractivity contribution in [2.45, 2.75) is 13.0 Å². The normalized spacial score (nSPS) is 26.0. The van der Waals surface area contributed by atoms with Gasteiger partial charge in [0.1, 0.15) is 0 Å². The summed E-state index contributed by atoms with van der Waals surface area (Å²) in [7, 11) is -3.52. The molecule has 1 unspecified atom stereocenters. The van der Waals surface area contributed by atoms with Gasteiger partial charge in [-0.2, -0.15) is 22.1 Å². The smallest absolute Gasteiger partial charge is 0.282 e. The monoisotopic (exact) mass is 316 g/mol. The van der Waals surface area contributed by atoms with Crippen LogP contribution in [-0.2, 0) is 19.7 Å². The number of aryl methyl sites for hydroxylation is 1. The van der Waals surface area contributed by atoms with Gasteiger partial charge in [-0.25, -0.2) is 0 Å². The third-order valence-electron chi connectivity index (χ3n) is 3.87. The minimum absolute atomic E-state index is 0.340. The van der Waals surface area contributed by atoms with Crippen molar-refractivity contribution >= 4 is 10.2 Å². The molecule has 0 amide bonds. The van der Waals surface area contributed by atoms with E-state index >= 15 is 0 Å². The summed E-state index contributed by atoms with van der Waals surface area (Å²) in [6.07, 6.45) is 1.70. The quantitative estimate of drug-likeness (QED) is 0.825. The van der Waals surface area contributed by atoms with Crippen molar-refractivity contribution in [2.24, 2.45) is 0 Å². The van der Waals surface area contributed by atoms with Crippen molar-refractivity contribution in [3.63, 3.8) is 0 Å². The van der Waals surface area contributed by atoms with Gasteiger partial charge in [0.2, 0.25) is 0 Å². The van der Waals surface area contributed by atoms with E-state index in [-0.39, 0.29) is 6.04 Å². The van der Waals surface area contributed by atoms with E-state index in [1.54, 1.807) is 6.20 Å². The summed E-state index contributed by atoms with van der Waals surface area (Å²) in [5, 5.41) is 6.89. The van der Waals surface area contributed by atoms with Crippen molar-refractivity contribution in [2.75, 3.05) is 46.1 Å². The molecule has 1 aromatic heterocycles. The molecule has 0 saturated carbocycles. The molecule has 118 valence electrons. The highest BCUT2D eigenvalue weighted by molar-refractivity contribution is 7.86. The van der Waals surface area contributed by atoms with Crippen molar-refractivity contribution < 1.29 is 17.9 Å². The average Bonchev–Trinajstić information content (AvgIpc) is 2.94. The molecule has 0 aromatic carbocycles.